The van der Waals surface area contributed by atoms with Crippen LogP contribution in [0.5, 0.6) is 0 Å². The standard InChI is InChI=1S/C18H15F3N2O3/c19-18(20,21)11-2-1-3-12(7-11)22-13(24)8-23-16(25)14-9-4-5-10(6-9)15(14)17(23)26/h1-5,7,9-10,14-15H,6,8H2,(H,22,24). The minimum Gasteiger partial charge on any atom is -0.325 e. The van der Waals surface area contributed by atoms with Crippen LogP contribution in [-0.4, -0.2) is 29.2 Å². The lowest BCUT2D eigenvalue weighted by Gasteiger charge is -2.17. The maximum Gasteiger partial charge on any atom is 0.416 e. The first-order valence-electron chi connectivity index (χ1n) is 8.26. The van der Waals surface area contributed by atoms with E-state index in [4.69, 9.17) is 0 Å². The normalized spacial score (nSPS) is 29.4. The molecule has 136 valence electrons. The van der Waals surface area contributed by atoms with Crippen molar-refractivity contribution in [3.8, 4) is 0 Å². The second-order valence-electron chi connectivity index (χ2n) is 6.89. The molecule has 2 aliphatic carbocycles. The summed E-state index contributed by atoms with van der Waals surface area (Å²) >= 11 is 0. The molecular weight excluding hydrogens is 349 g/mol. The number of nitrogens with zero attached hydrogens (tertiary/aromatic N) is 1. The largest absolute Gasteiger partial charge is 0.416 e. The zero-order chi connectivity index (χ0) is 18.6. The van der Waals surface area contributed by atoms with Gasteiger partial charge < -0.3 is 5.32 Å². The van der Waals surface area contributed by atoms with Crippen molar-refractivity contribution in [2.45, 2.75) is 12.6 Å². The van der Waals surface area contributed by atoms with E-state index >= 15 is 0 Å². The second kappa shape index (κ2) is 5.69. The number of anilines is 1. The highest BCUT2D eigenvalue weighted by molar-refractivity contribution is 6.09. The first kappa shape index (κ1) is 16.8. The molecule has 0 spiro atoms. The molecule has 1 N–H and O–H groups in total. The Morgan fingerprint density at radius 1 is 1.12 bits per heavy atom. The highest BCUT2D eigenvalue weighted by Gasteiger charge is 2.59. The van der Waals surface area contributed by atoms with E-state index in [2.05, 4.69) is 5.32 Å². The van der Waals surface area contributed by atoms with Gasteiger partial charge >= 0.3 is 6.18 Å². The lowest BCUT2D eigenvalue weighted by molar-refractivity contribution is -0.143. The number of fused-ring (bicyclic) bond motifs is 5. The van der Waals surface area contributed by atoms with Crippen LogP contribution in [0.25, 0.3) is 0 Å². The van der Waals surface area contributed by atoms with Crippen LogP contribution in [0.1, 0.15) is 12.0 Å². The van der Waals surface area contributed by atoms with E-state index in [1.54, 1.807) is 0 Å². The van der Waals surface area contributed by atoms with E-state index in [1.165, 1.54) is 12.1 Å². The Bertz CT molecular complexity index is 803. The summed E-state index contributed by atoms with van der Waals surface area (Å²) < 4.78 is 38.2. The van der Waals surface area contributed by atoms with Gasteiger partial charge in [-0.2, -0.15) is 13.2 Å². The van der Waals surface area contributed by atoms with E-state index in [1.807, 2.05) is 12.2 Å². The van der Waals surface area contributed by atoms with Gasteiger partial charge in [0.15, 0.2) is 0 Å². The Morgan fingerprint density at radius 3 is 2.31 bits per heavy atom. The maximum atomic E-state index is 12.7. The summed E-state index contributed by atoms with van der Waals surface area (Å²) in [6, 6.07) is 4.20. The lowest BCUT2D eigenvalue weighted by atomic mass is 9.85. The summed E-state index contributed by atoms with van der Waals surface area (Å²) in [5.41, 5.74) is -0.924. The Morgan fingerprint density at radius 2 is 1.73 bits per heavy atom. The predicted molar refractivity (Wildman–Crippen MR) is 84.5 cm³/mol. The third-order valence-corrected chi connectivity index (χ3v) is 5.34. The van der Waals surface area contributed by atoms with Gasteiger partial charge in [0, 0.05) is 5.69 Å². The number of alkyl halides is 3. The molecule has 3 amide bonds. The predicted octanol–water partition coefficient (Wildman–Crippen LogP) is 2.45. The van der Waals surface area contributed by atoms with Gasteiger partial charge in [-0.15, -0.1) is 0 Å². The summed E-state index contributed by atoms with van der Waals surface area (Å²) in [7, 11) is 0. The summed E-state index contributed by atoms with van der Waals surface area (Å²) in [4.78, 5) is 38.1. The summed E-state index contributed by atoms with van der Waals surface area (Å²) in [6.07, 6.45) is 0.162. The molecule has 0 radical (unpaired) electrons. The van der Waals surface area contributed by atoms with Crippen LogP contribution in [0.4, 0.5) is 18.9 Å². The summed E-state index contributed by atoms with van der Waals surface area (Å²) in [5, 5.41) is 2.33. The average Bonchev–Trinajstić information content (AvgIpc) is 3.24. The van der Waals surface area contributed by atoms with Crippen LogP contribution in [0, 0.1) is 23.7 Å². The van der Waals surface area contributed by atoms with Crippen molar-refractivity contribution in [2.24, 2.45) is 23.7 Å². The molecule has 1 aromatic rings. The van der Waals surface area contributed by atoms with Gasteiger partial charge in [0.2, 0.25) is 17.7 Å². The first-order chi connectivity index (χ1) is 12.3. The number of rotatable bonds is 3. The summed E-state index contributed by atoms with van der Waals surface area (Å²) in [6.45, 7) is -0.486. The lowest BCUT2D eigenvalue weighted by Crippen LogP contribution is -2.39. The quantitative estimate of drug-likeness (QED) is 0.662. The molecule has 1 saturated heterocycles. The SMILES string of the molecule is O=C(CN1C(=O)C2C3C=CC(C3)C2C1=O)Nc1cccc(C(F)(F)F)c1. The molecular formula is C18H15F3N2O3. The molecule has 2 bridgehead atoms. The Kier molecular flexibility index (Phi) is 3.68. The first-order valence-corrected chi connectivity index (χ1v) is 8.26. The minimum absolute atomic E-state index is 0.0362. The number of amides is 3. The molecule has 2 fully saturated rings. The third-order valence-electron chi connectivity index (χ3n) is 5.34. The molecule has 4 atom stereocenters. The average molecular weight is 364 g/mol. The molecule has 1 aromatic carbocycles. The number of benzene rings is 1. The number of carbonyl (C=O) groups excluding carboxylic acids is 3. The van der Waals surface area contributed by atoms with Gasteiger partial charge in [-0.25, -0.2) is 0 Å². The molecule has 4 rings (SSSR count). The monoisotopic (exact) mass is 364 g/mol. The second-order valence-corrected chi connectivity index (χ2v) is 6.89. The van der Waals surface area contributed by atoms with Crippen LogP contribution in [0.2, 0.25) is 0 Å². The third kappa shape index (κ3) is 2.60. The molecule has 5 nitrogen and oxygen atoms in total. The van der Waals surface area contributed by atoms with Crippen molar-refractivity contribution in [1.29, 1.82) is 0 Å². The van der Waals surface area contributed by atoms with E-state index in [0.717, 1.165) is 23.5 Å². The van der Waals surface area contributed by atoms with Crippen molar-refractivity contribution in [1.82, 2.24) is 4.90 Å². The molecule has 1 saturated carbocycles. The number of allylic oxidation sites excluding steroid dienone is 2. The fourth-order valence-electron chi connectivity index (χ4n) is 4.24. The zero-order valence-corrected chi connectivity index (χ0v) is 13.5. The Labute approximate surface area is 146 Å². The van der Waals surface area contributed by atoms with Crippen molar-refractivity contribution < 1.29 is 27.6 Å². The van der Waals surface area contributed by atoms with Crippen LogP contribution in [-0.2, 0) is 20.6 Å². The van der Waals surface area contributed by atoms with Crippen molar-refractivity contribution in [3.63, 3.8) is 0 Å². The maximum absolute atomic E-state index is 12.7. The van der Waals surface area contributed by atoms with Gasteiger partial charge in [0.25, 0.3) is 0 Å². The highest BCUT2D eigenvalue weighted by atomic mass is 19.4. The molecule has 1 heterocycles. The van der Waals surface area contributed by atoms with Gasteiger partial charge in [-0.3, -0.25) is 19.3 Å². The number of carbonyl (C=O) groups is 3. The molecule has 26 heavy (non-hydrogen) atoms. The number of imide groups is 1. The topological polar surface area (TPSA) is 66.5 Å². The molecule has 1 aliphatic heterocycles. The smallest absolute Gasteiger partial charge is 0.325 e. The number of halogens is 3. The van der Waals surface area contributed by atoms with Crippen molar-refractivity contribution in [3.05, 3.63) is 42.0 Å². The number of nitrogens with one attached hydrogen (secondary N) is 1. The van der Waals surface area contributed by atoms with Gasteiger partial charge in [0.05, 0.1) is 17.4 Å². The summed E-state index contributed by atoms with van der Waals surface area (Å²) in [5.74, 6) is -2.16. The van der Waals surface area contributed by atoms with Crippen LogP contribution in [0.3, 0.4) is 0 Å². The number of likely N-dealkylation sites (tertiary alicyclic amines) is 1. The van der Waals surface area contributed by atoms with Gasteiger partial charge in [-0.1, -0.05) is 18.2 Å². The van der Waals surface area contributed by atoms with Crippen molar-refractivity contribution in [2.75, 3.05) is 11.9 Å². The minimum atomic E-state index is -4.52. The number of hydrogen-bond donors (Lipinski definition) is 1. The fraction of sp³-hybridized carbons (Fsp3) is 0.389. The number of hydrogen-bond acceptors (Lipinski definition) is 3. The Hall–Kier alpha value is -2.64. The van der Waals surface area contributed by atoms with Crippen LogP contribution >= 0.6 is 0 Å². The van der Waals surface area contributed by atoms with Crippen LogP contribution in [0.15, 0.2) is 36.4 Å². The van der Waals surface area contributed by atoms with Crippen LogP contribution < -0.4 is 5.32 Å². The molecule has 3 aliphatic rings. The van der Waals surface area contributed by atoms with E-state index < -0.39 is 36.0 Å². The molecule has 8 heteroatoms. The van der Waals surface area contributed by atoms with Crippen molar-refractivity contribution >= 4 is 23.4 Å². The molecule has 0 aromatic heterocycles. The van der Waals surface area contributed by atoms with E-state index in [0.29, 0.717) is 0 Å². The Balaban J connectivity index is 1.45. The van der Waals surface area contributed by atoms with Gasteiger partial charge in [-0.05, 0) is 36.5 Å². The van der Waals surface area contributed by atoms with E-state index in [9.17, 15) is 27.6 Å². The van der Waals surface area contributed by atoms with E-state index in [-0.39, 0.29) is 29.3 Å². The molecule has 4 unspecified atom stereocenters. The zero-order valence-electron chi connectivity index (χ0n) is 13.5. The highest BCUT2D eigenvalue weighted by Crippen LogP contribution is 2.52. The fourth-order valence-corrected chi connectivity index (χ4v) is 4.24. The van der Waals surface area contributed by atoms with Gasteiger partial charge in [0.1, 0.15) is 6.54 Å².